The van der Waals surface area contributed by atoms with E-state index >= 15 is 0 Å². The van der Waals surface area contributed by atoms with Crippen molar-refractivity contribution in [3.05, 3.63) is 35.6 Å². The van der Waals surface area contributed by atoms with Gasteiger partial charge < -0.3 is 10.2 Å². The van der Waals surface area contributed by atoms with Crippen LogP contribution >= 0.6 is 0 Å². The second-order valence-corrected chi connectivity index (χ2v) is 10.8. The Balaban J connectivity index is 1.49. The number of rotatable bonds is 4. The van der Waals surface area contributed by atoms with Gasteiger partial charge in [-0.1, -0.05) is 19.1 Å². The fraction of sp³-hybridized carbons (Fsp3) is 0.667. The van der Waals surface area contributed by atoms with Gasteiger partial charge in [-0.25, -0.2) is 21.9 Å². The second-order valence-electron chi connectivity index (χ2n) is 8.80. The zero-order chi connectivity index (χ0) is 21.2. The van der Waals surface area contributed by atoms with Gasteiger partial charge in [-0.05, 0) is 61.6 Å². The lowest BCUT2D eigenvalue weighted by Crippen LogP contribution is -2.52. The number of hydrogen-bond donors (Lipinski definition) is 1. The van der Waals surface area contributed by atoms with E-state index in [0.29, 0.717) is 25.9 Å². The van der Waals surface area contributed by atoms with Crippen molar-refractivity contribution in [2.75, 3.05) is 26.4 Å². The van der Waals surface area contributed by atoms with Crippen molar-refractivity contribution in [2.24, 2.45) is 0 Å². The van der Waals surface area contributed by atoms with Gasteiger partial charge in [0, 0.05) is 32.2 Å². The van der Waals surface area contributed by atoms with E-state index in [2.05, 4.69) is 12.2 Å². The van der Waals surface area contributed by atoms with E-state index in [1.807, 2.05) is 6.07 Å². The molecule has 1 aliphatic heterocycles. The van der Waals surface area contributed by atoms with Gasteiger partial charge in [-0.2, -0.15) is 0 Å². The molecule has 2 amide bonds. The van der Waals surface area contributed by atoms with Crippen LogP contribution in [0.4, 0.5) is 9.18 Å². The zero-order valence-electron chi connectivity index (χ0n) is 17.5. The molecule has 1 aliphatic carbocycles. The minimum atomic E-state index is -3.16. The van der Waals surface area contributed by atoms with Crippen LogP contribution in [0.1, 0.15) is 51.0 Å². The molecule has 0 bridgehead atoms. The normalized spacial score (nSPS) is 26.8. The first-order valence-electron chi connectivity index (χ1n) is 10.3. The number of nitrogens with one attached hydrogen (secondary N) is 1. The number of urea groups is 1. The lowest BCUT2D eigenvalue weighted by atomic mass is 9.69. The summed E-state index contributed by atoms with van der Waals surface area (Å²) in [5.74, 6) is -0.206. The quantitative estimate of drug-likeness (QED) is 0.806. The Morgan fingerprint density at radius 1 is 1.21 bits per heavy atom. The maximum Gasteiger partial charge on any atom is 0.317 e. The van der Waals surface area contributed by atoms with Gasteiger partial charge in [0.25, 0.3) is 0 Å². The Hall–Kier alpha value is -1.67. The van der Waals surface area contributed by atoms with Gasteiger partial charge in [-0.3, -0.25) is 0 Å². The predicted octanol–water partition coefficient (Wildman–Crippen LogP) is 3.09. The fourth-order valence-corrected chi connectivity index (χ4v) is 5.43. The molecule has 29 heavy (non-hydrogen) atoms. The molecule has 8 heteroatoms. The molecule has 0 aromatic heterocycles. The molecule has 0 radical (unpaired) electrons. The first-order chi connectivity index (χ1) is 13.6. The second kappa shape index (κ2) is 8.60. The van der Waals surface area contributed by atoms with Crippen molar-refractivity contribution >= 4 is 16.1 Å². The number of nitrogens with zero attached hydrogens (tertiary/aromatic N) is 2. The highest BCUT2D eigenvalue weighted by molar-refractivity contribution is 7.88. The largest absolute Gasteiger partial charge is 0.335 e. The van der Waals surface area contributed by atoms with E-state index < -0.39 is 10.0 Å². The average Bonchev–Trinajstić information content (AvgIpc) is 2.68. The third-order valence-corrected chi connectivity index (χ3v) is 8.00. The van der Waals surface area contributed by atoms with Crippen LogP contribution in [0, 0.1) is 5.82 Å². The molecular weight excluding hydrogens is 393 g/mol. The Morgan fingerprint density at radius 2 is 1.83 bits per heavy atom. The Morgan fingerprint density at radius 3 is 2.38 bits per heavy atom. The number of halogens is 1. The van der Waals surface area contributed by atoms with Gasteiger partial charge >= 0.3 is 6.03 Å². The molecule has 2 aliphatic rings. The van der Waals surface area contributed by atoms with Crippen LogP contribution in [-0.2, 0) is 15.4 Å². The first kappa shape index (κ1) is 22.0. The van der Waals surface area contributed by atoms with E-state index in [1.54, 1.807) is 24.1 Å². The Kier molecular flexibility index (Phi) is 6.53. The predicted molar refractivity (Wildman–Crippen MR) is 112 cm³/mol. The van der Waals surface area contributed by atoms with Crippen LogP contribution in [0.3, 0.4) is 0 Å². The molecule has 1 N–H and O–H groups in total. The van der Waals surface area contributed by atoms with Crippen molar-refractivity contribution in [1.29, 1.82) is 0 Å². The third kappa shape index (κ3) is 5.28. The van der Waals surface area contributed by atoms with Crippen LogP contribution < -0.4 is 5.32 Å². The highest BCUT2D eigenvalue weighted by atomic mass is 32.2. The number of sulfonamides is 1. The fourth-order valence-electron chi connectivity index (χ4n) is 4.56. The summed E-state index contributed by atoms with van der Waals surface area (Å²) < 4.78 is 38.4. The van der Waals surface area contributed by atoms with E-state index in [9.17, 15) is 17.6 Å². The molecule has 1 saturated heterocycles. The smallest absolute Gasteiger partial charge is 0.317 e. The van der Waals surface area contributed by atoms with Crippen molar-refractivity contribution in [3.8, 4) is 0 Å². The summed E-state index contributed by atoms with van der Waals surface area (Å²) in [5, 5.41) is 3.14. The first-order valence-corrected chi connectivity index (χ1v) is 12.2. The molecular formula is C21H32FN3O3S. The summed E-state index contributed by atoms with van der Waals surface area (Å²) in [6.45, 7) is 3.08. The van der Waals surface area contributed by atoms with Crippen LogP contribution in [0.25, 0.3) is 0 Å². The highest BCUT2D eigenvalue weighted by Crippen LogP contribution is 2.39. The summed E-state index contributed by atoms with van der Waals surface area (Å²) in [6.07, 6.45) is 6.05. The molecule has 1 aromatic carbocycles. The van der Waals surface area contributed by atoms with Crippen molar-refractivity contribution in [2.45, 2.75) is 62.9 Å². The molecule has 2 fully saturated rings. The topological polar surface area (TPSA) is 69.7 Å². The summed E-state index contributed by atoms with van der Waals surface area (Å²) in [4.78, 5) is 14.4. The van der Waals surface area contributed by atoms with Crippen LogP contribution in [0.15, 0.2) is 24.3 Å². The van der Waals surface area contributed by atoms with E-state index in [4.69, 9.17) is 0 Å². The molecule has 0 unspecified atom stereocenters. The van der Waals surface area contributed by atoms with Crippen LogP contribution in [0.5, 0.6) is 0 Å². The number of carbonyl (C=O) groups is 1. The lowest BCUT2D eigenvalue weighted by Gasteiger charge is -2.40. The van der Waals surface area contributed by atoms with Crippen LogP contribution in [0.2, 0.25) is 0 Å². The number of benzene rings is 1. The summed E-state index contributed by atoms with van der Waals surface area (Å²) in [7, 11) is -1.38. The lowest BCUT2D eigenvalue weighted by molar-refractivity contribution is 0.155. The van der Waals surface area contributed by atoms with Gasteiger partial charge in [-0.15, -0.1) is 0 Å². The molecule has 1 aromatic rings. The number of amides is 2. The third-order valence-electron chi connectivity index (χ3n) is 6.70. The molecule has 0 atom stereocenters. The van der Waals surface area contributed by atoms with E-state index in [1.165, 1.54) is 16.6 Å². The molecule has 0 spiro atoms. The number of piperidine rings is 1. The SMILES string of the molecule is CN(C(=O)NC1CCC(C)(c2cccc(F)c2)CC1)C1CCN(S(C)(=O)=O)CC1. The maximum absolute atomic E-state index is 13.6. The monoisotopic (exact) mass is 425 g/mol. The maximum atomic E-state index is 13.6. The van der Waals surface area contributed by atoms with Gasteiger partial charge in [0.05, 0.1) is 6.26 Å². The summed E-state index contributed by atoms with van der Waals surface area (Å²) in [5.41, 5.74) is 0.963. The Bertz CT molecular complexity index is 829. The molecule has 3 rings (SSSR count). The molecule has 1 saturated carbocycles. The van der Waals surface area contributed by atoms with Crippen molar-refractivity contribution < 1.29 is 17.6 Å². The minimum Gasteiger partial charge on any atom is -0.335 e. The molecule has 6 nitrogen and oxygen atoms in total. The molecule has 1 heterocycles. The standard InChI is InChI=1S/C21H32FN3O3S/c1-21(16-5-4-6-17(22)15-16)11-7-18(8-12-21)23-20(26)24(2)19-9-13-25(14-10-19)29(3,27)28/h4-6,15,18-19H,7-14H2,1-3H3,(H,23,26). The number of hydrogen-bond acceptors (Lipinski definition) is 3. The minimum absolute atomic E-state index is 0.0501. The van der Waals surface area contributed by atoms with Gasteiger partial charge in [0.15, 0.2) is 0 Å². The van der Waals surface area contributed by atoms with E-state index in [-0.39, 0.29) is 29.3 Å². The van der Waals surface area contributed by atoms with Gasteiger partial charge in [0.1, 0.15) is 5.82 Å². The highest BCUT2D eigenvalue weighted by Gasteiger charge is 2.35. The zero-order valence-corrected chi connectivity index (χ0v) is 18.3. The Labute approximate surface area is 173 Å². The average molecular weight is 426 g/mol. The molecule has 162 valence electrons. The van der Waals surface area contributed by atoms with Crippen molar-refractivity contribution in [3.63, 3.8) is 0 Å². The summed E-state index contributed by atoms with van der Waals surface area (Å²) >= 11 is 0. The van der Waals surface area contributed by atoms with Crippen LogP contribution in [-0.4, -0.2) is 62.1 Å². The van der Waals surface area contributed by atoms with Crippen molar-refractivity contribution in [1.82, 2.24) is 14.5 Å². The van der Waals surface area contributed by atoms with E-state index in [0.717, 1.165) is 31.2 Å². The summed E-state index contributed by atoms with van der Waals surface area (Å²) in [6, 6.07) is 6.90. The van der Waals surface area contributed by atoms with Gasteiger partial charge in [0.2, 0.25) is 10.0 Å². The number of carbonyl (C=O) groups excluding carboxylic acids is 1.